The van der Waals surface area contributed by atoms with Crippen LogP contribution in [-0.2, 0) is 5.60 Å². The van der Waals surface area contributed by atoms with Gasteiger partial charge in [-0.25, -0.2) is 9.97 Å². The van der Waals surface area contributed by atoms with Gasteiger partial charge in [0.2, 0.25) is 0 Å². The van der Waals surface area contributed by atoms with E-state index in [0.29, 0.717) is 6.42 Å². The first-order valence-corrected chi connectivity index (χ1v) is 9.04. The number of hydrogen-bond acceptors (Lipinski definition) is 3. The van der Waals surface area contributed by atoms with Crippen LogP contribution in [0.4, 0.5) is 0 Å². The molecule has 1 atom stereocenters. The first-order chi connectivity index (χ1) is 13.3. The Morgan fingerprint density at radius 1 is 0.815 bits per heavy atom. The normalized spacial score (nSPS) is 17.6. The third-order valence-corrected chi connectivity index (χ3v) is 5.05. The number of nitrogens with zero attached hydrogens (tertiary/aromatic N) is 2. The lowest BCUT2D eigenvalue weighted by molar-refractivity contribution is 0.106. The topological polar surface area (TPSA) is 35.0 Å². The molecule has 27 heavy (non-hydrogen) atoms. The fourth-order valence-electron chi connectivity index (χ4n) is 3.82. The second-order valence-electron chi connectivity index (χ2n) is 6.69. The highest BCUT2D eigenvalue weighted by Crippen LogP contribution is 2.48. The number of hydrogen-bond donors (Lipinski definition) is 0. The van der Waals surface area contributed by atoms with Gasteiger partial charge in [0.1, 0.15) is 17.1 Å². The van der Waals surface area contributed by atoms with E-state index in [4.69, 9.17) is 14.7 Å². The van der Waals surface area contributed by atoms with E-state index in [1.807, 2.05) is 72.8 Å². The average molecular weight is 350 g/mol. The van der Waals surface area contributed by atoms with Gasteiger partial charge >= 0.3 is 0 Å². The number of benzene rings is 3. The van der Waals surface area contributed by atoms with Crippen LogP contribution in [0.25, 0.3) is 22.3 Å². The van der Waals surface area contributed by atoms with Crippen LogP contribution in [0, 0.1) is 0 Å². The summed E-state index contributed by atoms with van der Waals surface area (Å²) in [4.78, 5) is 10.0. The summed E-state index contributed by atoms with van der Waals surface area (Å²) in [5.41, 5.74) is 4.74. The Balaban J connectivity index is 1.90. The Kier molecular flexibility index (Phi) is 3.54. The predicted octanol–water partition coefficient (Wildman–Crippen LogP) is 5.51. The Hall–Kier alpha value is -3.46. The van der Waals surface area contributed by atoms with Crippen LogP contribution in [0.15, 0.2) is 91.5 Å². The Bertz CT molecular complexity index is 1150. The molecule has 0 saturated carbocycles. The molecule has 130 valence electrons. The molecule has 1 aliphatic rings. The molecule has 0 unspecified atom stereocenters. The van der Waals surface area contributed by atoms with Crippen molar-refractivity contribution in [2.45, 2.75) is 12.0 Å². The van der Waals surface area contributed by atoms with Crippen LogP contribution in [0.2, 0.25) is 0 Å². The fourth-order valence-corrected chi connectivity index (χ4v) is 3.82. The average Bonchev–Trinajstić information content (AvgIpc) is 2.73. The highest BCUT2D eigenvalue weighted by atomic mass is 16.5. The van der Waals surface area contributed by atoms with Gasteiger partial charge in [-0.3, -0.25) is 0 Å². The smallest absolute Gasteiger partial charge is 0.181 e. The third kappa shape index (κ3) is 2.36. The van der Waals surface area contributed by atoms with Gasteiger partial charge in [0.05, 0.1) is 11.0 Å². The molecule has 0 fully saturated rings. The lowest BCUT2D eigenvalue weighted by atomic mass is 9.82. The SMILES string of the molecule is C=CC[C@@]1(c2ccccc2)Oc2ccccc2-c2nc3ccccc3nc21. The van der Waals surface area contributed by atoms with Gasteiger partial charge in [-0.1, -0.05) is 60.7 Å². The van der Waals surface area contributed by atoms with Crippen molar-refractivity contribution < 1.29 is 4.74 Å². The molecule has 1 aromatic heterocycles. The molecule has 5 rings (SSSR count). The summed E-state index contributed by atoms with van der Waals surface area (Å²) in [7, 11) is 0. The summed E-state index contributed by atoms with van der Waals surface area (Å²) in [5, 5.41) is 0. The molecule has 1 aliphatic heterocycles. The molecule has 3 heteroatoms. The molecular formula is C24H18N2O. The van der Waals surface area contributed by atoms with Gasteiger partial charge in [-0.05, 0) is 24.3 Å². The molecule has 0 N–H and O–H groups in total. The van der Waals surface area contributed by atoms with E-state index < -0.39 is 5.60 Å². The van der Waals surface area contributed by atoms with Crippen LogP contribution in [-0.4, -0.2) is 9.97 Å². The van der Waals surface area contributed by atoms with Crippen molar-refractivity contribution in [2.75, 3.05) is 0 Å². The van der Waals surface area contributed by atoms with E-state index in [0.717, 1.165) is 39.3 Å². The van der Waals surface area contributed by atoms with E-state index >= 15 is 0 Å². The zero-order valence-electron chi connectivity index (χ0n) is 14.8. The maximum Gasteiger partial charge on any atom is 0.181 e. The van der Waals surface area contributed by atoms with Crippen molar-refractivity contribution in [3.05, 3.63) is 103 Å². The van der Waals surface area contributed by atoms with E-state index in [2.05, 4.69) is 18.7 Å². The largest absolute Gasteiger partial charge is 0.475 e. The highest BCUT2D eigenvalue weighted by Gasteiger charge is 2.44. The Morgan fingerprint density at radius 3 is 2.26 bits per heavy atom. The minimum absolute atomic E-state index is 0.603. The van der Waals surface area contributed by atoms with Crippen molar-refractivity contribution in [3.8, 4) is 17.0 Å². The molecule has 2 heterocycles. The van der Waals surface area contributed by atoms with Gasteiger partial charge in [-0.2, -0.15) is 0 Å². The van der Waals surface area contributed by atoms with Crippen molar-refractivity contribution in [3.63, 3.8) is 0 Å². The van der Waals surface area contributed by atoms with Gasteiger partial charge in [-0.15, -0.1) is 6.58 Å². The van der Waals surface area contributed by atoms with E-state index in [1.165, 1.54) is 0 Å². The van der Waals surface area contributed by atoms with Gasteiger partial charge in [0, 0.05) is 17.5 Å². The van der Waals surface area contributed by atoms with Crippen molar-refractivity contribution in [2.24, 2.45) is 0 Å². The molecule has 0 spiro atoms. The summed E-state index contributed by atoms with van der Waals surface area (Å²) in [6.07, 6.45) is 2.49. The molecule has 0 bridgehead atoms. The number of ether oxygens (including phenoxy) is 1. The summed E-state index contributed by atoms with van der Waals surface area (Å²) in [6.45, 7) is 3.99. The maximum absolute atomic E-state index is 6.65. The van der Waals surface area contributed by atoms with Crippen molar-refractivity contribution >= 4 is 11.0 Å². The van der Waals surface area contributed by atoms with Gasteiger partial charge < -0.3 is 4.74 Å². The van der Waals surface area contributed by atoms with Crippen LogP contribution < -0.4 is 4.74 Å². The zero-order chi connectivity index (χ0) is 18.3. The lowest BCUT2D eigenvalue weighted by Crippen LogP contribution is -2.38. The minimum Gasteiger partial charge on any atom is -0.475 e. The third-order valence-electron chi connectivity index (χ3n) is 5.05. The van der Waals surface area contributed by atoms with Crippen LogP contribution in [0.1, 0.15) is 17.7 Å². The van der Waals surface area contributed by atoms with Crippen LogP contribution >= 0.6 is 0 Å². The lowest BCUT2D eigenvalue weighted by Gasteiger charge is -2.38. The molecule has 0 radical (unpaired) electrons. The van der Waals surface area contributed by atoms with Crippen LogP contribution in [0.3, 0.4) is 0 Å². The maximum atomic E-state index is 6.65. The molecule has 0 amide bonds. The molecule has 4 aromatic rings. The van der Waals surface area contributed by atoms with E-state index in [1.54, 1.807) is 0 Å². The number of para-hydroxylation sites is 3. The number of fused-ring (bicyclic) bond motifs is 4. The first kappa shape index (κ1) is 15.8. The monoisotopic (exact) mass is 350 g/mol. The first-order valence-electron chi connectivity index (χ1n) is 9.04. The predicted molar refractivity (Wildman–Crippen MR) is 108 cm³/mol. The van der Waals surface area contributed by atoms with Crippen LogP contribution in [0.5, 0.6) is 5.75 Å². The second-order valence-corrected chi connectivity index (χ2v) is 6.69. The van der Waals surface area contributed by atoms with E-state index in [9.17, 15) is 0 Å². The summed E-state index contributed by atoms with van der Waals surface area (Å²) in [6, 6.07) is 26.2. The minimum atomic E-state index is -0.746. The number of aromatic nitrogens is 2. The standard InChI is InChI=1S/C24H18N2O/c1-2-16-24(17-10-4-3-5-11-17)23-22(18-12-6-9-15-21(18)27-24)25-19-13-7-8-14-20(19)26-23/h2-15H,1,16H2/t24-/m0/s1. The summed E-state index contributed by atoms with van der Waals surface area (Å²) >= 11 is 0. The zero-order valence-corrected chi connectivity index (χ0v) is 14.8. The molecule has 0 saturated heterocycles. The van der Waals surface area contributed by atoms with Gasteiger partial charge in [0.15, 0.2) is 5.60 Å². The molecule has 0 aliphatic carbocycles. The molecule has 3 nitrogen and oxygen atoms in total. The summed E-state index contributed by atoms with van der Waals surface area (Å²) < 4.78 is 6.65. The molecule has 3 aromatic carbocycles. The van der Waals surface area contributed by atoms with Gasteiger partial charge in [0.25, 0.3) is 0 Å². The Labute approximate surface area is 158 Å². The molecular weight excluding hydrogens is 332 g/mol. The summed E-state index contributed by atoms with van der Waals surface area (Å²) in [5.74, 6) is 0.820. The Morgan fingerprint density at radius 2 is 1.48 bits per heavy atom. The van der Waals surface area contributed by atoms with Crippen molar-refractivity contribution in [1.29, 1.82) is 0 Å². The number of rotatable bonds is 3. The highest BCUT2D eigenvalue weighted by molar-refractivity contribution is 5.82. The second kappa shape index (κ2) is 6.06. The quantitative estimate of drug-likeness (QED) is 0.457. The van der Waals surface area contributed by atoms with Crippen molar-refractivity contribution in [1.82, 2.24) is 9.97 Å². The fraction of sp³-hybridized carbons (Fsp3) is 0.0833. The van der Waals surface area contributed by atoms with E-state index in [-0.39, 0.29) is 0 Å².